The van der Waals surface area contributed by atoms with E-state index in [9.17, 15) is 0 Å². The lowest BCUT2D eigenvalue weighted by Crippen LogP contribution is -2.46. The Labute approximate surface area is 110 Å². The lowest BCUT2D eigenvalue weighted by molar-refractivity contribution is 0.397. The van der Waals surface area contributed by atoms with Gasteiger partial charge in [-0.15, -0.1) is 22.7 Å². The highest BCUT2D eigenvalue weighted by Gasteiger charge is 2.34. The summed E-state index contributed by atoms with van der Waals surface area (Å²) < 4.78 is 0. The Hall–Kier alpha value is -0.680. The molecule has 2 nitrogen and oxygen atoms in total. The van der Waals surface area contributed by atoms with Crippen LogP contribution < -0.4 is 10.6 Å². The van der Waals surface area contributed by atoms with Crippen LogP contribution in [0.15, 0.2) is 35.0 Å². The predicted octanol–water partition coefficient (Wildman–Crippen LogP) is 2.48. The van der Waals surface area contributed by atoms with Crippen molar-refractivity contribution in [3.63, 3.8) is 0 Å². The Morgan fingerprint density at radius 2 is 1.71 bits per heavy atom. The summed E-state index contributed by atoms with van der Waals surface area (Å²) in [5, 5.41) is 11.4. The molecule has 0 unspecified atom stereocenters. The summed E-state index contributed by atoms with van der Waals surface area (Å²) in [6.07, 6.45) is 2.24. The van der Waals surface area contributed by atoms with Crippen molar-refractivity contribution in [3.8, 4) is 0 Å². The third kappa shape index (κ3) is 2.60. The molecule has 0 bridgehead atoms. The Kier molecular flexibility index (Phi) is 3.29. The number of hydrogen-bond acceptors (Lipinski definition) is 4. The zero-order valence-electron chi connectivity index (χ0n) is 9.61. The molecule has 2 N–H and O–H groups in total. The second kappa shape index (κ2) is 4.90. The molecule has 2 aromatic heterocycles. The number of nitrogens with one attached hydrogen (secondary N) is 2. The summed E-state index contributed by atoms with van der Waals surface area (Å²) in [4.78, 5) is 2.94. The topological polar surface area (TPSA) is 24.1 Å². The van der Waals surface area contributed by atoms with Crippen molar-refractivity contribution >= 4 is 22.7 Å². The van der Waals surface area contributed by atoms with Crippen molar-refractivity contribution in [1.82, 2.24) is 10.6 Å². The average molecular weight is 264 g/mol. The average Bonchev–Trinajstić information content (AvgIpc) is 3.01. The maximum absolute atomic E-state index is 3.65. The van der Waals surface area contributed by atoms with Gasteiger partial charge in [0, 0.05) is 41.3 Å². The van der Waals surface area contributed by atoms with Crippen LogP contribution in [0.2, 0.25) is 0 Å². The molecule has 1 aliphatic heterocycles. The lowest BCUT2D eigenvalue weighted by Gasteiger charge is -2.27. The fourth-order valence-electron chi connectivity index (χ4n) is 2.42. The number of hydrogen-bond donors (Lipinski definition) is 2. The van der Waals surface area contributed by atoms with Crippen LogP contribution in [0.1, 0.15) is 9.75 Å². The molecule has 1 fully saturated rings. The molecule has 0 spiro atoms. The first-order valence-electron chi connectivity index (χ1n) is 5.87. The zero-order chi connectivity index (χ0) is 11.6. The van der Waals surface area contributed by atoms with Gasteiger partial charge in [0.2, 0.25) is 0 Å². The van der Waals surface area contributed by atoms with Gasteiger partial charge in [-0.3, -0.25) is 5.32 Å². The minimum absolute atomic E-state index is 0.204. The van der Waals surface area contributed by atoms with Crippen LogP contribution in [0.3, 0.4) is 0 Å². The lowest BCUT2D eigenvalue weighted by atomic mass is 9.91. The van der Waals surface area contributed by atoms with Gasteiger partial charge in [-0.25, -0.2) is 0 Å². The smallest absolute Gasteiger partial charge is 0.0459 e. The summed E-state index contributed by atoms with van der Waals surface area (Å²) in [6.45, 7) is 1.99. The van der Waals surface area contributed by atoms with Crippen molar-refractivity contribution in [2.24, 2.45) is 0 Å². The largest absolute Gasteiger partial charge is 0.303 e. The first-order chi connectivity index (χ1) is 8.36. The first kappa shape index (κ1) is 11.4. The minimum atomic E-state index is 0.204. The van der Waals surface area contributed by atoms with E-state index in [4.69, 9.17) is 0 Å². The molecule has 0 atom stereocenters. The minimum Gasteiger partial charge on any atom is -0.303 e. The molecule has 0 aromatic carbocycles. The van der Waals surface area contributed by atoms with Crippen LogP contribution in [0, 0.1) is 0 Å². The van der Waals surface area contributed by atoms with Crippen LogP contribution in [-0.4, -0.2) is 18.8 Å². The van der Waals surface area contributed by atoms with Gasteiger partial charge in [0.15, 0.2) is 0 Å². The van der Waals surface area contributed by atoms with Crippen molar-refractivity contribution in [2.45, 2.75) is 18.4 Å². The van der Waals surface area contributed by atoms with E-state index in [0.717, 1.165) is 26.1 Å². The number of thiophene rings is 2. The van der Waals surface area contributed by atoms with Crippen molar-refractivity contribution in [3.05, 3.63) is 44.8 Å². The van der Waals surface area contributed by atoms with Gasteiger partial charge in [0.25, 0.3) is 0 Å². The standard InChI is InChI=1S/C13H16N2S2/c1-3-11(16-5-1)7-13(9-14-10-15-13)8-12-4-2-6-17-12/h1-6,14-15H,7-10H2. The van der Waals surface area contributed by atoms with Crippen molar-refractivity contribution < 1.29 is 0 Å². The molecule has 3 heterocycles. The monoisotopic (exact) mass is 264 g/mol. The van der Waals surface area contributed by atoms with Crippen molar-refractivity contribution in [1.29, 1.82) is 0 Å². The fraction of sp³-hybridized carbons (Fsp3) is 0.385. The maximum Gasteiger partial charge on any atom is 0.0459 e. The molecule has 1 saturated heterocycles. The van der Waals surface area contributed by atoms with Crippen LogP contribution in [0.4, 0.5) is 0 Å². The highest BCUT2D eigenvalue weighted by atomic mass is 32.1. The molecule has 17 heavy (non-hydrogen) atoms. The summed E-state index contributed by atoms with van der Waals surface area (Å²) in [6, 6.07) is 8.75. The van der Waals surface area contributed by atoms with Crippen LogP contribution in [0.5, 0.6) is 0 Å². The molecule has 1 aliphatic rings. The second-order valence-electron chi connectivity index (χ2n) is 4.57. The SMILES string of the molecule is c1csc(CC2(Cc3cccs3)CNCN2)c1. The zero-order valence-corrected chi connectivity index (χ0v) is 11.2. The highest BCUT2D eigenvalue weighted by Crippen LogP contribution is 2.25. The van der Waals surface area contributed by atoms with E-state index >= 15 is 0 Å². The van der Waals surface area contributed by atoms with Gasteiger partial charge in [0.05, 0.1) is 0 Å². The van der Waals surface area contributed by atoms with E-state index < -0.39 is 0 Å². The van der Waals surface area contributed by atoms with Gasteiger partial charge >= 0.3 is 0 Å². The molecule has 0 saturated carbocycles. The summed E-state index contributed by atoms with van der Waals surface area (Å²) in [7, 11) is 0. The quantitative estimate of drug-likeness (QED) is 0.886. The van der Waals surface area contributed by atoms with E-state index in [1.807, 2.05) is 22.7 Å². The Bertz CT molecular complexity index is 403. The Morgan fingerprint density at radius 1 is 1.06 bits per heavy atom. The van der Waals surface area contributed by atoms with E-state index in [1.54, 1.807) is 0 Å². The normalized spacial score (nSPS) is 18.6. The summed E-state index contributed by atoms with van der Waals surface area (Å²) in [5.41, 5.74) is 0.204. The molecule has 0 amide bonds. The molecular formula is C13H16N2S2. The molecule has 90 valence electrons. The van der Waals surface area contributed by atoms with E-state index in [0.29, 0.717) is 0 Å². The van der Waals surface area contributed by atoms with E-state index in [1.165, 1.54) is 9.75 Å². The highest BCUT2D eigenvalue weighted by molar-refractivity contribution is 7.10. The molecular weight excluding hydrogens is 248 g/mol. The predicted molar refractivity (Wildman–Crippen MR) is 74.8 cm³/mol. The van der Waals surface area contributed by atoms with Gasteiger partial charge in [-0.05, 0) is 22.9 Å². The molecule has 0 radical (unpaired) electrons. The fourth-order valence-corrected chi connectivity index (χ4v) is 4.12. The van der Waals surface area contributed by atoms with Crippen LogP contribution >= 0.6 is 22.7 Å². The van der Waals surface area contributed by atoms with E-state index in [-0.39, 0.29) is 5.54 Å². The third-order valence-electron chi connectivity index (χ3n) is 3.24. The Balaban J connectivity index is 1.78. The van der Waals surface area contributed by atoms with Gasteiger partial charge < -0.3 is 5.32 Å². The second-order valence-corrected chi connectivity index (χ2v) is 6.64. The molecule has 4 heteroatoms. The molecule has 0 aliphatic carbocycles. The molecule has 3 rings (SSSR count). The van der Waals surface area contributed by atoms with Gasteiger partial charge in [-0.2, -0.15) is 0 Å². The third-order valence-corrected chi connectivity index (χ3v) is 4.99. The first-order valence-corrected chi connectivity index (χ1v) is 7.63. The summed E-state index contributed by atoms with van der Waals surface area (Å²) in [5.74, 6) is 0. The summed E-state index contributed by atoms with van der Waals surface area (Å²) >= 11 is 3.71. The maximum atomic E-state index is 3.65. The Morgan fingerprint density at radius 3 is 2.12 bits per heavy atom. The van der Waals surface area contributed by atoms with Gasteiger partial charge in [-0.1, -0.05) is 12.1 Å². The van der Waals surface area contributed by atoms with Gasteiger partial charge in [0.1, 0.15) is 0 Å². The van der Waals surface area contributed by atoms with E-state index in [2.05, 4.69) is 45.7 Å². The van der Waals surface area contributed by atoms with Crippen LogP contribution in [0.25, 0.3) is 0 Å². The molecule has 2 aromatic rings. The van der Waals surface area contributed by atoms with Crippen molar-refractivity contribution in [2.75, 3.05) is 13.2 Å². The number of rotatable bonds is 4. The van der Waals surface area contributed by atoms with Crippen LogP contribution in [-0.2, 0) is 12.8 Å².